The average Bonchev–Trinajstić information content (AvgIpc) is 3.05. The van der Waals surface area contributed by atoms with Gasteiger partial charge in [0.1, 0.15) is 6.04 Å². The Bertz CT molecular complexity index is 453. The molecule has 1 N–H and O–H groups in total. The van der Waals surface area contributed by atoms with E-state index in [1.54, 1.807) is 0 Å². The van der Waals surface area contributed by atoms with Crippen molar-refractivity contribution < 1.29 is 13.2 Å². The molecule has 0 radical (unpaired) electrons. The van der Waals surface area contributed by atoms with Gasteiger partial charge in [-0.2, -0.15) is 13.2 Å². The molecule has 0 aromatic carbocycles. The topological polar surface area (TPSA) is 34.1 Å². The Morgan fingerprint density at radius 1 is 1.15 bits per heavy atom. The van der Waals surface area contributed by atoms with E-state index in [0.29, 0.717) is 32.1 Å². The first-order valence-corrected chi connectivity index (χ1v) is 9.91. The van der Waals surface area contributed by atoms with Crippen LogP contribution in [0.15, 0.2) is 4.99 Å². The Morgan fingerprint density at radius 3 is 2.37 bits per heavy atom. The van der Waals surface area contributed by atoms with E-state index < -0.39 is 12.2 Å². The summed E-state index contributed by atoms with van der Waals surface area (Å²) in [6.45, 7) is 12.4. The number of alkyl halides is 3. The lowest BCUT2D eigenvalue weighted by molar-refractivity contribution is -0.181. The van der Waals surface area contributed by atoms with E-state index in [1.165, 1.54) is 24.7 Å². The third kappa shape index (κ3) is 7.56. The molecule has 5 nitrogen and oxygen atoms in total. The van der Waals surface area contributed by atoms with Gasteiger partial charge in [-0.25, -0.2) is 0 Å². The molecule has 0 bridgehead atoms. The number of guanidine groups is 1. The molecule has 27 heavy (non-hydrogen) atoms. The van der Waals surface area contributed by atoms with Gasteiger partial charge in [0, 0.05) is 45.8 Å². The van der Waals surface area contributed by atoms with Crippen LogP contribution in [0.1, 0.15) is 33.6 Å². The lowest BCUT2D eigenvalue weighted by atomic mass is 10.1. The molecule has 160 valence electrons. The minimum Gasteiger partial charge on any atom is -0.357 e. The van der Waals surface area contributed by atoms with Gasteiger partial charge in [-0.3, -0.25) is 9.89 Å². The highest BCUT2D eigenvalue weighted by atomic mass is 127. The van der Waals surface area contributed by atoms with E-state index in [-0.39, 0.29) is 24.0 Å². The lowest BCUT2D eigenvalue weighted by Crippen LogP contribution is -2.56. The molecule has 2 atom stereocenters. The van der Waals surface area contributed by atoms with Gasteiger partial charge in [-0.15, -0.1) is 24.0 Å². The molecule has 2 aliphatic heterocycles. The summed E-state index contributed by atoms with van der Waals surface area (Å²) in [6, 6.07) is -1.38. The van der Waals surface area contributed by atoms with E-state index in [9.17, 15) is 13.2 Å². The van der Waals surface area contributed by atoms with Crippen LogP contribution in [-0.2, 0) is 0 Å². The number of rotatable bonds is 6. The van der Waals surface area contributed by atoms with Gasteiger partial charge < -0.3 is 15.1 Å². The van der Waals surface area contributed by atoms with E-state index in [1.807, 2.05) is 6.92 Å². The van der Waals surface area contributed by atoms with Crippen LogP contribution in [0.3, 0.4) is 0 Å². The molecule has 9 heteroatoms. The second-order valence-corrected chi connectivity index (χ2v) is 7.39. The van der Waals surface area contributed by atoms with Crippen LogP contribution in [0.25, 0.3) is 0 Å². The number of hydrogen-bond acceptors (Lipinski definition) is 3. The summed E-state index contributed by atoms with van der Waals surface area (Å²) >= 11 is 0. The minimum absolute atomic E-state index is 0. The van der Waals surface area contributed by atoms with Crippen molar-refractivity contribution in [2.45, 2.75) is 45.8 Å². The molecule has 2 fully saturated rings. The monoisotopic (exact) mass is 505 g/mol. The number of piperazine rings is 1. The number of aliphatic imine (C=N–C) groups is 1. The van der Waals surface area contributed by atoms with Crippen molar-refractivity contribution >= 4 is 29.9 Å². The summed E-state index contributed by atoms with van der Waals surface area (Å²) in [5, 5.41) is 3.31. The minimum atomic E-state index is -4.16. The zero-order valence-electron chi connectivity index (χ0n) is 16.8. The first kappa shape index (κ1) is 24.7. The van der Waals surface area contributed by atoms with Crippen LogP contribution in [0.4, 0.5) is 13.2 Å². The van der Waals surface area contributed by atoms with Crippen LogP contribution in [-0.4, -0.2) is 91.8 Å². The fourth-order valence-electron chi connectivity index (χ4n) is 3.75. The van der Waals surface area contributed by atoms with E-state index in [2.05, 4.69) is 22.0 Å². The van der Waals surface area contributed by atoms with E-state index in [0.717, 1.165) is 38.7 Å². The van der Waals surface area contributed by atoms with E-state index in [4.69, 9.17) is 4.99 Å². The molecular weight excluding hydrogens is 470 g/mol. The maximum Gasteiger partial charge on any atom is 0.403 e. The maximum atomic E-state index is 12.9. The van der Waals surface area contributed by atoms with Gasteiger partial charge in [0.05, 0.1) is 0 Å². The highest BCUT2D eigenvalue weighted by Crippen LogP contribution is 2.25. The second kappa shape index (κ2) is 11.6. The smallest absolute Gasteiger partial charge is 0.357 e. The second-order valence-electron chi connectivity index (χ2n) is 7.39. The zero-order chi connectivity index (χ0) is 19.2. The van der Waals surface area contributed by atoms with Gasteiger partial charge >= 0.3 is 6.18 Å². The molecule has 2 unspecified atom stereocenters. The first-order valence-electron chi connectivity index (χ1n) is 9.91. The summed E-state index contributed by atoms with van der Waals surface area (Å²) in [4.78, 5) is 10.9. The third-order valence-corrected chi connectivity index (χ3v) is 5.38. The summed E-state index contributed by atoms with van der Waals surface area (Å²) in [5.74, 6) is 1.43. The van der Waals surface area contributed by atoms with E-state index >= 15 is 0 Å². The summed E-state index contributed by atoms with van der Waals surface area (Å²) in [7, 11) is 0. The highest BCUT2D eigenvalue weighted by molar-refractivity contribution is 14.0. The van der Waals surface area contributed by atoms with Crippen molar-refractivity contribution in [3.05, 3.63) is 0 Å². The third-order valence-electron chi connectivity index (χ3n) is 5.38. The molecule has 0 aliphatic carbocycles. The molecule has 0 amide bonds. The molecule has 2 heterocycles. The van der Waals surface area contributed by atoms with Gasteiger partial charge in [0.2, 0.25) is 0 Å². The maximum absolute atomic E-state index is 12.9. The molecule has 0 saturated carbocycles. The van der Waals surface area contributed by atoms with Gasteiger partial charge in [-0.05, 0) is 45.7 Å². The quantitative estimate of drug-likeness (QED) is 0.342. The van der Waals surface area contributed by atoms with Gasteiger partial charge in [0.25, 0.3) is 0 Å². The number of likely N-dealkylation sites (tertiary alicyclic amines) is 1. The molecule has 2 aliphatic rings. The van der Waals surface area contributed by atoms with Crippen molar-refractivity contribution in [2.24, 2.45) is 10.9 Å². The molecule has 2 saturated heterocycles. The van der Waals surface area contributed by atoms with Crippen LogP contribution in [0.2, 0.25) is 0 Å². The predicted octanol–water partition coefficient (Wildman–Crippen LogP) is 2.87. The molecule has 0 aromatic rings. The Hall–Kier alpha value is -0.290. The Balaban J connectivity index is 0.00000364. The van der Waals surface area contributed by atoms with Crippen molar-refractivity contribution in [2.75, 3.05) is 58.9 Å². The first-order chi connectivity index (χ1) is 12.3. The van der Waals surface area contributed by atoms with Crippen LogP contribution >= 0.6 is 24.0 Å². The summed E-state index contributed by atoms with van der Waals surface area (Å²) in [6.07, 6.45) is -1.80. The molecule has 2 rings (SSSR count). The van der Waals surface area contributed by atoms with Crippen molar-refractivity contribution in [3.8, 4) is 0 Å². The van der Waals surface area contributed by atoms with Crippen LogP contribution in [0, 0.1) is 5.92 Å². The predicted molar refractivity (Wildman–Crippen MR) is 115 cm³/mol. The summed E-state index contributed by atoms with van der Waals surface area (Å²) in [5.41, 5.74) is 0. The molecular formula is C18H35F3IN5. The number of nitrogens with zero attached hydrogens (tertiary/aromatic N) is 4. The van der Waals surface area contributed by atoms with Crippen LogP contribution in [0.5, 0.6) is 0 Å². The lowest BCUT2D eigenvalue weighted by Gasteiger charge is -2.39. The summed E-state index contributed by atoms with van der Waals surface area (Å²) < 4.78 is 38.7. The molecule has 0 spiro atoms. The highest BCUT2D eigenvalue weighted by Gasteiger charge is 2.41. The number of hydrogen-bond donors (Lipinski definition) is 1. The Morgan fingerprint density at radius 2 is 1.81 bits per heavy atom. The Kier molecular flexibility index (Phi) is 10.7. The van der Waals surface area contributed by atoms with Gasteiger partial charge in [-0.1, -0.05) is 6.92 Å². The number of halogens is 4. The normalized spacial score (nSPS) is 24.0. The zero-order valence-corrected chi connectivity index (χ0v) is 19.1. The molecule has 0 aromatic heterocycles. The van der Waals surface area contributed by atoms with Crippen molar-refractivity contribution in [1.29, 1.82) is 0 Å². The van der Waals surface area contributed by atoms with Crippen molar-refractivity contribution in [1.82, 2.24) is 20.0 Å². The largest absolute Gasteiger partial charge is 0.403 e. The Labute approximate surface area is 178 Å². The SMILES string of the molecule is CCCN1CCC(CN=C(NCC)N2CCN(C(C)C(F)(F)F)CC2)C1.I. The van der Waals surface area contributed by atoms with Gasteiger partial charge in [0.15, 0.2) is 5.96 Å². The number of nitrogens with one attached hydrogen (secondary N) is 1. The fourth-order valence-corrected chi connectivity index (χ4v) is 3.75. The van der Waals surface area contributed by atoms with Crippen LogP contribution < -0.4 is 5.32 Å². The van der Waals surface area contributed by atoms with Crippen molar-refractivity contribution in [3.63, 3.8) is 0 Å². The average molecular weight is 505 g/mol. The standard InChI is InChI=1S/C18H34F3N5.HI/c1-4-7-24-8-6-16(14-24)13-23-17(22-5-2)26-11-9-25(10-12-26)15(3)18(19,20)21;/h15-16H,4-14H2,1-3H3,(H,22,23);1H. The fraction of sp³-hybridized carbons (Fsp3) is 0.944.